The van der Waals surface area contributed by atoms with Crippen LogP contribution >= 0.6 is 0 Å². The lowest BCUT2D eigenvalue weighted by molar-refractivity contribution is 0.0809. The third-order valence-corrected chi connectivity index (χ3v) is 4.28. The van der Waals surface area contributed by atoms with Gasteiger partial charge in [-0.05, 0) is 51.1 Å². The van der Waals surface area contributed by atoms with Crippen LogP contribution in [0.5, 0.6) is 0 Å². The van der Waals surface area contributed by atoms with Gasteiger partial charge in [0.1, 0.15) is 0 Å². The Labute approximate surface area is 89.9 Å². The Morgan fingerprint density at radius 2 is 1.71 bits per heavy atom. The van der Waals surface area contributed by atoms with E-state index in [1.807, 2.05) is 0 Å². The van der Waals surface area contributed by atoms with Gasteiger partial charge in [0.2, 0.25) is 0 Å². The van der Waals surface area contributed by atoms with Crippen LogP contribution in [-0.4, -0.2) is 24.0 Å². The van der Waals surface area contributed by atoms with Crippen molar-refractivity contribution in [2.24, 2.45) is 11.3 Å². The van der Waals surface area contributed by atoms with Gasteiger partial charge in [0, 0.05) is 6.04 Å². The summed E-state index contributed by atoms with van der Waals surface area (Å²) >= 11 is 0. The highest BCUT2D eigenvalue weighted by atomic mass is 15.1. The van der Waals surface area contributed by atoms with Crippen LogP contribution in [0.1, 0.15) is 53.9 Å². The van der Waals surface area contributed by atoms with Crippen LogP contribution in [-0.2, 0) is 0 Å². The molecular weight excluding hydrogens is 170 g/mol. The van der Waals surface area contributed by atoms with Gasteiger partial charge in [-0.2, -0.15) is 0 Å². The van der Waals surface area contributed by atoms with Gasteiger partial charge in [-0.25, -0.2) is 0 Å². The molecule has 0 bridgehead atoms. The molecule has 0 unspecified atom stereocenters. The van der Waals surface area contributed by atoms with Gasteiger partial charge in [-0.1, -0.05) is 27.2 Å². The maximum absolute atomic E-state index is 2.61. The van der Waals surface area contributed by atoms with Gasteiger partial charge >= 0.3 is 0 Å². The highest BCUT2D eigenvalue weighted by molar-refractivity contribution is 4.83. The average Bonchev–Trinajstić information content (AvgIpc) is 2.18. The summed E-state index contributed by atoms with van der Waals surface area (Å²) in [4.78, 5) is 2.61. The molecule has 0 aromatic rings. The lowest BCUT2D eigenvalue weighted by atomic mass is 9.72. The quantitative estimate of drug-likeness (QED) is 0.669. The number of hydrogen-bond donors (Lipinski definition) is 0. The summed E-state index contributed by atoms with van der Waals surface area (Å²) in [5, 5.41) is 0. The van der Waals surface area contributed by atoms with Gasteiger partial charge in [0.15, 0.2) is 0 Å². The second-order valence-electron chi connectivity index (χ2n) is 5.75. The molecular formula is C13H27N. The summed E-state index contributed by atoms with van der Waals surface area (Å²) < 4.78 is 0. The second-order valence-corrected chi connectivity index (χ2v) is 5.75. The minimum atomic E-state index is 0.559. The van der Waals surface area contributed by atoms with Crippen molar-refractivity contribution in [1.29, 1.82) is 0 Å². The topological polar surface area (TPSA) is 3.24 Å². The van der Waals surface area contributed by atoms with Crippen molar-refractivity contribution in [3.63, 3.8) is 0 Å². The molecule has 1 rings (SSSR count). The SMILES string of the molecule is CCC(C)(C)C1CCN(C(C)C)CC1. The van der Waals surface area contributed by atoms with Crippen molar-refractivity contribution >= 4 is 0 Å². The molecule has 1 heterocycles. The Balaban J connectivity index is 2.43. The molecule has 1 nitrogen and oxygen atoms in total. The van der Waals surface area contributed by atoms with E-state index in [2.05, 4.69) is 39.5 Å². The van der Waals surface area contributed by atoms with E-state index >= 15 is 0 Å². The molecule has 0 saturated carbocycles. The molecule has 0 N–H and O–H groups in total. The van der Waals surface area contributed by atoms with Crippen molar-refractivity contribution in [1.82, 2.24) is 4.90 Å². The Hall–Kier alpha value is -0.0400. The molecule has 0 radical (unpaired) electrons. The average molecular weight is 197 g/mol. The predicted molar refractivity (Wildman–Crippen MR) is 63.5 cm³/mol. The van der Waals surface area contributed by atoms with Gasteiger partial charge in [-0.15, -0.1) is 0 Å². The predicted octanol–water partition coefficient (Wildman–Crippen LogP) is 3.54. The van der Waals surface area contributed by atoms with E-state index < -0.39 is 0 Å². The van der Waals surface area contributed by atoms with Crippen molar-refractivity contribution in [2.45, 2.75) is 59.9 Å². The molecule has 1 aliphatic heterocycles. The lowest BCUT2D eigenvalue weighted by Gasteiger charge is -2.41. The zero-order valence-corrected chi connectivity index (χ0v) is 10.6. The third kappa shape index (κ3) is 2.73. The van der Waals surface area contributed by atoms with Crippen molar-refractivity contribution in [3.8, 4) is 0 Å². The summed E-state index contributed by atoms with van der Waals surface area (Å²) in [7, 11) is 0. The Morgan fingerprint density at radius 1 is 1.21 bits per heavy atom. The number of rotatable bonds is 3. The fourth-order valence-corrected chi connectivity index (χ4v) is 2.49. The van der Waals surface area contributed by atoms with E-state index in [1.165, 1.54) is 32.4 Å². The first kappa shape index (κ1) is 12.0. The molecule has 0 aromatic carbocycles. The zero-order chi connectivity index (χ0) is 10.8. The van der Waals surface area contributed by atoms with E-state index in [0.29, 0.717) is 5.41 Å². The summed E-state index contributed by atoms with van der Waals surface area (Å²) in [6, 6.07) is 0.737. The van der Waals surface area contributed by atoms with Crippen LogP contribution in [0.4, 0.5) is 0 Å². The van der Waals surface area contributed by atoms with Crippen LogP contribution < -0.4 is 0 Å². The van der Waals surface area contributed by atoms with Crippen molar-refractivity contribution in [2.75, 3.05) is 13.1 Å². The van der Waals surface area contributed by atoms with E-state index in [4.69, 9.17) is 0 Å². The summed E-state index contributed by atoms with van der Waals surface area (Å²) in [5.41, 5.74) is 0.559. The number of piperidine rings is 1. The van der Waals surface area contributed by atoms with E-state index in [1.54, 1.807) is 0 Å². The highest BCUT2D eigenvalue weighted by Crippen LogP contribution is 2.37. The normalized spacial score (nSPS) is 21.9. The highest BCUT2D eigenvalue weighted by Gasteiger charge is 2.31. The molecule has 84 valence electrons. The molecule has 0 spiro atoms. The van der Waals surface area contributed by atoms with Crippen molar-refractivity contribution in [3.05, 3.63) is 0 Å². The Morgan fingerprint density at radius 3 is 2.07 bits per heavy atom. The third-order valence-electron chi connectivity index (χ3n) is 4.28. The van der Waals surface area contributed by atoms with Crippen LogP contribution in [0.3, 0.4) is 0 Å². The first-order valence-corrected chi connectivity index (χ1v) is 6.21. The number of nitrogens with zero attached hydrogens (tertiary/aromatic N) is 1. The molecule has 0 aliphatic carbocycles. The van der Waals surface area contributed by atoms with Gasteiger partial charge in [0.05, 0.1) is 0 Å². The summed E-state index contributed by atoms with van der Waals surface area (Å²) in [5.74, 6) is 0.947. The molecule has 1 saturated heterocycles. The minimum Gasteiger partial charge on any atom is -0.301 e. The lowest BCUT2D eigenvalue weighted by Crippen LogP contribution is -2.41. The monoisotopic (exact) mass is 197 g/mol. The number of likely N-dealkylation sites (tertiary alicyclic amines) is 1. The van der Waals surface area contributed by atoms with Crippen LogP contribution in [0.2, 0.25) is 0 Å². The molecule has 0 aromatic heterocycles. The Kier molecular flexibility index (Phi) is 4.00. The first-order chi connectivity index (χ1) is 6.47. The van der Waals surface area contributed by atoms with Crippen molar-refractivity contribution < 1.29 is 0 Å². The largest absolute Gasteiger partial charge is 0.301 e. The Bertz CT molecular complexity index is 164. The fraction of sp³-hybridized carbons (Fsp3) is 1.00. The molecule has 1 fully saturated rings. The molecule has 0 amide bonds. The molecule has 14 heavy (non-hydrogen) atoms. The second kappa shape index (κ2) is 4.65. The summed E-state index contributed by atoms with van der Waals surface area (Å²) in [6.45, 7) is 14.4. The fourth-order valence-electron chi connectivity index (χ4n) is 2.49. The molecule has 0 atom stereocenters. The van der Waals surface area contributed by atoms with Crippen LogP contribution in [0.25, 0.3) is 0 Å². The minimum absolute atomic E-state index is 0.559. The first-order valence-electron chi connectivity index (χ1n) is 6.21. The van der Waals surface area contributed by atoms with Crippen LogP contribution in [0.15, 0.2) is 0 Å². The molecule has 1 heteroatoms. The summed E-state index contributed by atoms with van der Waals surface area (Å²) in [6.07, 6.45) is 4.12. The van der Waals surface area contributed by atoms with E-state index in [-0.39, 0.29) is 0 Å². The number of hydrogen-bond acceptors (Lipinski definition) is 1. The van der Waals surface area contributed by atoms with Crippen LogP contribution in [0, 0.1) is 11.3 Å². The van der Waals surface area contributed by atoms with Gasteiger partial charge < -0.3 is 4.90 Å². The van der Waals surface area contributed by atoms with Gasteiger partial charge in [0.25, 0.3) is 0 Å². The van der Waals surface area contributed by atoms with E-state index in [0.717, 1.165) is 12.0 Å². The molecule has 1 aliphatic rings. The maximum atomic E-state index is 2.61. The van der Waals surface area contributed by atoms with Gasteiger partial charge in [-0.3, -0.25) is 0 Å². The smallest absolute Gasteiger partial charge is 0.00385 e. The zero-order valence-electron chi connectivity index (χ0n) is 10.6. The standard InChI is InChI=1S/C13H27N/c1-6-13(4,5)12-7-9-14(10-8-12)11(2)3/h11-12H,6-10H2,1-5H3. The maximum Gasteiger partial charge on any atom is 0.00385 e. The van der Waals surface area contributed by atoms with E-state index in [9.17, 15) is 0 Å².